The summed E-state index contributed by atoms with van der Waals surface area (Å²) in [5.41, 5.74) is 2.50. The van der Waals surface area contributed by atoms with Gasteiger partial charge in [-0.3, -0.25) is 9.48 Å². The van der Waals surface area contributed by atoms with Crippen LogP contribution in [0.15, 0.2) is 54.2 Å². The molecule has 2 aromatic carbocycles. The Kier molecular flexibility index (Phi) is 5.72. The van der Waals surface area contributed by atoms with E-state index in [0.29, 0.717) is 47.3 Å². The number of fused-ring (bicyclic) bond motifs is 1. The van der Waals surface area contributed by atoms with Gasteiger partial charge < -0.3 is 14.2 Å². The van der Waals surface area contributed by atoms with Crippen LogP contribution in [-0.4, -0.2) is 35.9 Å². The van der Waals surface area contributed by atoms with Gasteiger partial charge in [0.1, 0.15) is 17.4 Å². The van der Waals surface area contributed by atoms with Crippen molar-refractivity contribution in [3.8, 4) is 34.6 Å². The van der Waals surface area contributed by atoms with Crippen molar-refractivity contribution in [1.82, 2.24) is 9.78 Å². The van der Waals surface area contributed by atoms with E-state index < -0.39 is 0 Å². The summed E-state index contributed by atoms with van der Waals surface area (Å²) in [5, 5.41) is 14.2. The number of nitriles is 1. The molecular weight excluding hydrogens is 394 g/mol. The summed E-state index contributed by atoms with van der Waals surface area (Å²) in [7, 11) is 3.32. The fourth-order valence-corrected chi connectivity index (χ4v) is 3.37. The highest BCUT2D eigenvalue weighted by Gasteiger charge is 2.18. The van der Waals surface area contributed by atoms with Gasteiger partial charge >= 0.3 is 0 Å². The molecule has 1 aliphatic rings. The molecule has 7 nitrogen and oxygen atoms in total. The fourth-order valence-electron chi connectivity index (χ4n) is 3.37. The number of benzene rings is 2. The second kappa shape index (κ2) is 8.76. The highest BCUT2D eigenvalue weighted by molar-refractivity contribution is 6.14. The fraction of sp³-hybridized carbons (Fsp3) is 0.208. The zero-order valence-electron chi connectivity index (χ0n) is 17.3. The van der Waals surface area contributed by atoms with Gasteiger partial charge in [-0.2, -0.15) is 10.4 Å². The summed E-state index contributed by atoms with van der Waals surface area (Å²) in [4.78, 5) is 12.9. The first-order valence-corrected chi connectivity index (χ1v) is 9.83. The first-order valence-electron chi connectivity index (χ1n) is 9.83. The topological polar surface area (TPSA) is 86.4 Å². The Labute approximate surface area is 180 Å². The second-order valence-corrected chi connectivity index (χ2v) is 7.05. The molecule has 0 bridgehead atoms. The van der Waals surface area contributed by atoms with Crippen LogP contribution in [0.2, 0.25) is 0 Å². The summed E-state index contributed by atoms with van der Waals surface area (Å²) in [6.45, 7) is 1.20. The van der Waals surface area contributed by atoms with E-state index in [4.69, 9.17) is 14.2 Å². The van der Waals surface area contributed by atoms with Crippen LogP contribution < -0.4 is 14.2 Å². The summed E-state index contributed by atoms with van der Waals surface area (Å²) in [5.74, 6) is 1.52. The van der Waals surface area contributed by atoms with Gasteiger partial charge in [0, 0.05) is 36.4 Å². The molecule has 7 heteroatoms. The molecule has 156 valence electrons. The van der Waals surface area contributed by atoms with Crippen LogP contribution in [0.5, 0.6) is 17.2 Å². The Bertz CT molecular complexity index is 1200. The Morgan fingerprint density at radius 3 is 2.77 bits per heavy atom. The zero-order valence-corrected chi connectivity index (χ0v) is 17.3. The van der Waals surface area contributed by atoms with Crippen LogP contribution in [0.1, 0.15) is 22.3 Å². The molecule has 1 aromatic heterocycles. The number of hydrogen-bond donors (Lipinski definition) is 0. The van der Waals surface area contributed by atoms with E-state index in [0.717, 1.165) is 12.0 Å². The van der Waals surface area contributed by atoms with E-state index in [2.05, 4.69) is 5.10 Å². The minimum Gasteiger partial charge on any atom is -0.497 e. The summed E-state index contributed by atoms with van der Waals surface area (Å²) in [6, 6.07) is 14.4. The van der Waals surface area contributed by atoms with Crippen molar-refractivity contribution in [1.29, 1.82) is 5.26 Å². The van der Waals surface area contributed by atoms with E-state index in [-0.39, 0.29) is 11.4 Å². The number of hydrogen-bond acceptors (Lipinski definition) is 6. The lowest BCUT2D eigenvalue weighted by Crippen LogP contribution is -2.02. The van der Waals surface area contributed by atoms with Crippen LogP contribution in [0.25, 0.3) is 17.3 Å². The Hall–Kier alpha value is -4.05. The number of ether oxygens (including phenoxy) is 3. The summed E-state index contributed by atoms with van der Waals surface area (Å²) < 4.78 is 18.3. The van der Waals surface area contributed by atoms with Crippen LogP contribution >= 0.6 is 0 Å². The number of methoxy groups -OCH3 is 1. The van der Waals surface area contributed by atoms with Gasteiger partial charge in [0.25, 0.3) is 0 Å². The van der Waals surface area contributed by atoms with Crippen molar-refractivity contribution in [3.63, 3.8) is 0 Å². The van der Waals surface area contributed by atoms with E-state index in [9.17, 15) is 10.1 Å². The van der Waals surface area contributed by atoms with E-state index in [1.54, 1.807) is 48.3 Å². The van der Waals surface area contributed by atoms with Crippen LogP contribution in [0.4, 0.5) is 0 Å². The van der Waals surface area contributed by atoms with Gasteiger partial charge in [0.05, 0.1) is 26.0 Å². The third-order valence-electron chi connectivity index (χ3n) is 4.87. The highest BCUT2D eigenvalue weighted by Crippen LogP contribution is 2.35. The van der Waals surface area contributed by atoms with Gasteiger partial charge in [0.15, 0.2) is 11.5 Å². The highest BCUT2D eigenvalue weighted by atomic mass is 16.5. The molecule has 0 N–H and O–H groups in total. The average molecular weight is 415 g/mol. The second-order valence-electron chi connectivity index (χ2n) is 7.05. The van der Waals surface area contributed by atoms with Crippen LogP contribution in [-0.2, 0) is 7.05 Å². The smallest absolute Gasteiger partial charge is 0.203 e. The number of Topliss-reactive ketones (excluding diaryl/α,β-unsaturated/α-hetero) is 1. The first-order chi connectivity index (χ1) is 15.1. The molecule has 4 rings (SSSR count). The van der Waals surface area contributed by atoms with Crippen molar-refractivity contribution >= 4 is 11.9 Å². The van der Waals surface area contributed by atoms with E-state index in [1.165, 1.54) is 7.11 Å². The standard InChI is InChI=1S/C24H21N3O4/c1-27-15-19(11-18(14-25)24(28)17-5-3-6-20(12-17)29-2)23(26-27)16-7-8-21-22(13-16)31-10-4-9-30-21/h3,5-8,11-13,15H,4,9-10H2,1-2H3/b18-11+. The normalized spacial score (nSPS) is 13.3. The van der Waals surface area contributed by atoms with Crippen molar-refractivity contribution in [2.75, 3.05) is 20.3 Å². The maximum Gasteiger partial charge on any atom is 0.203 e. The zero-order chi connectivity index (χ0) is 21.8. The minimum atomic E-state index is -0.380. The lowest BCUT2D eigenvalue weighted by atomic mass is 10.0. The van der Waals surface area contributed by atoms with Crippen molar-refractivity contribution in [2.24, 2.45) is 7.05 Å². The monoisotopic (exact) mass is 415 g/mol. The van der Waals surface area contributed by atoms with Crippen LogP contribution in [0.3, 0.4) is 0 Å². The summed E-state index contributed by atoms with van der Waals surface area (Å²) >= 11 is 0. The molecule has 0 saturated carbocycles. The van der Waals surface area contributed by atoms with Crippen molar-refractivity contribution in [2.45, 2.75) is 6.42 Å². The molecule has 31 heavy (non-hydrogen) atoms. The van der Waals surface area contributed by atoms with Gasteiger partial charge in [-0.15, -0.1) is 0 Å². The number of ketones is 1. The van der Waals surface area contributed by atoms with Gasteiger partial charge in [-0.05, 0) is 36.4 Å². The third kappa shape index (κ3) is 4.28. The predicted molar refractivity (Wildman–Crippen MR) is 115 cm³/mol. The first kappa shape index (κ1) is 20.2. The molecule has 0 atom stereocenters. The Morgan fingerprint density at radius 2 is 2.00 bits per heavy atom. The lowest BCUT2D eigenvalue weighted by molar-refractivity contribution is 0.103. The van der Waals surface area contributed by atoms with Gasteiger partial charge in [-0.25, -0.2) is 0 Å². The molecule has 2 heterocycles. The van der Waals surface area contributed by atoms with Gasteiger partial charge in [0.2, 0.25) is 5.78 Å². The quantitative estimate of drug-likeness (QED) is 0.355. The molecule has 3 aromatic rings. The Balaban J connectivity index is 1.72. The number of carbonyl (C=O) groups excluding carboxylic acids is 1. The molecule has 0 spiro atoms. The van der Waals surface area contributed by atoms with Crippen molar-refractivity contribution in [3.05, 3.63) is 65.4 Å². The van der Waals surface area contributed by atoms with E-state index in [1.807, 2.05) is 24.3 Å². The van der Waals surface area contributed by atoms with Crippen LogP contribution in [0, 0.1) is 11.3 Å². The number of carbonyl (C=O) groups is 1. The maximum atomic E-state index is 12.9. The van der Waals surface area contributed by atoms with Crippen molar-refractivity contribution < 1.29 is 19.0 Å². The predicted octanol–water partition coefficient (Wildman–Crippen LogP) is 4.05. The SMILES string of the molecule is COc1cccc(C(=O)/C(C#N)=C/c2cn(C)nc2-c2ccc3c(c2)OCCCO3)c1. The number of aromatic nitrogens is 2. The molecule has 0 aliphatic carbocycles. The molecule has 0 saturated heterocycles. The molecular formula is C24H21N3O4. The third-order valence-corrected chi connectivity index (χ3v) is 4.87. The largest absolute Gasteiger partial charge is 0.497 e. The van der Waals surface area contributed by atoms with Gasteiger partial charge in [-0.1, -0.05) is 12.1 Å². The number of rotatable bonds is 5. The molecule has 0 amide bonds. The maximum absolute atomic E-state index is 12.9. The summed E-state index contributed by atoms with van der Waals surface area (Å²) in [6.07, 6.45) is 4.15. The van der Waals surface area contributed by atoms with E-state index >= 15 is 0 Å². The molecule has 0 unspecified atom stereocenters. The molecule has 0 radical (unpaired) electrons. The Morgan fingerprint density at radius 1 is 1.19 bits per heavy atom. The number of allylic oxidation sites excluding steroid dienone is 1. The number of nitrogens with zero attached hydrogens (tertiary/aromatic N) is 3. The molecule has 1 aliphatic heterocycles. The number of aryl methyl sites for hydroxylation is 1. The molecule has 0 fully saturated rings. The lowest BCUT2D eigenvalue weighted by Gasteiger charge is -2.09. The minimum absolute atomic E-state index is 0.0110. The average Bonchev–Trinajstić information content (AvgIpc) is 3.01.